The maximum absolute atomic E-state index is 11.8. The highest BCUT2D eigenvalue weighted by Crippen LogP contribution is 2.37. The molecule has 0 aromatic carbocycles. The van der Waals surface area contributed by atoms with E-state index in [4.69, 9.17) is 0 Å². The topological polar surface area (TPSA) is 49.4 Å². The molecule has 0 atom stereocenters. The average molecular weight is 256 g/mol. The molecule has 5 heteroatoms. The lowest BCUT2D eigenvalue weighted by atomic mass is 9.73. The van der Waals surface area contributed by atoms with Gasteiger partial charge in [-0.2, -0.15) is 11.8 Å². The number of carbonyl (C=O) groups excluding carboxylic acids is 2. The minimum Gasteiger partial charge on any atom is -0.356 e. The Morgan fingerprint density at radius 2 is 2.12 bits per heavy atom. The van der Waals surface area contributed by atoms with Crippen molar-refractivity contribution in [2.75, 3.05) is 31.6 Å². The molecule has 2 amide bonds. The van der Waals surface area contributed by atoms with Crippen LogP contribution in [0.1, 0.15) is 25.7 Å². The normalized spacial score (nSPS) is 23.6. The zero-order chi connectivity index (χ0) is 12.3. The zero-order valence-electron chi connectivity index (χ0n) is 10.3. The fourth-order valence-corrected chi connectivity index (χ4v) is 3.14. The van der Waals surface area contributed by atoms with Gasteiger partial charge in [-0.1, -0.05) is 0 Å². The summed E-state index contributed by atoms with van der Waals surface area (Å²) in [4.78, 5) is 24.9. The van der Waals surface area contributed by atoms with E-state index in [1.807, 2.05) is 11.2 Å². The van der Waals surface area contributed by atoms with Gasteiger partial charge in [0, 0.05) is 26.1 Å². The summed E-state index contributed by atoms with van der Waals surface area (Å²) in [5, 5.41) is 2.97. The van der Waals surface area contributed by atoms with Crippen LogP contribution in [0.4, 0.5) is 0 Å². The van der Waals surface area contributed by atoms with E-state index in [1.54, 1.807) is 11.8 Å². The number of nitrogens with one attached hydrogen (secondary N) is 1. The Hall–Kier alpha value is -0.710. The van der Waals surface area contributed by atoms with Gasteiger partial charge in [-0.05, 0) is 30.9 Å². The second kappa shape index (κ2) is 5.29. The number of amides is 2. The van der Waals surface area contributed by atoms with Gasteiger partial charge in [0.1, 0.15) is 0 Å². The number of nitrogens with zero attached hydrogens (tertiary/aromatic N) is 1. The Morgan fingerprint density at radius 1 is 1.41 bits per heavy atom. The summed E-state index contributed by atoms with van der Waals surface area (Å²) in [7, 11) is 0. The second-order valence-corrected chi connectivity index (χ2v) is 5.96. The summed E-state index contributed by atoms with van der Waals surface area (Å²) >= 11 is 1.58. The van der Waals surface area contributed by atoms with Crippen molar-refractivity contribution in [2.45, 2.75) is 25.7 Å². The van der Waals surface area contributed by atoms with Crippen molar-refractivity contribution in [2.24, 2.45) is 5.41 Å². The van der Waals surface area contributed by atoms with Crippen LogP contribution >= 0.6 is 11.8 Å². The highest BCUT2D eigenvalue weighted by atomic mass is 32.2. The van der Waals surface area contributed by atoms with Crippen LogP contribution in [0.2, 0.25) is 0 Å². The van der Waals surface area contributed by atoms with Gasteiger partial charge in [0.2, 0.25) is 11.8 Å². The van der Waals surface area contributed by atoms with Gasteiger partial charge >= 0.3 is 0 Å². The molecular weight excluding hydrogens is 236 g/mol. The summed E-state index contributed by atoms with van der Waals surface area (Å²) in [5.41, 5.74) is 0.268. The van der Waals surface area contributed by atoms with E-state index < -0.39 is 0 Å². The molecule has 0 saturated carbocycles. The molecule has 2 saturated heterocycles. The van der Waals surface area contributed by atoms with Crippen LogP contribution in [0.15, 0.2) is 0 Å². The lowest BCUT2D eigenvalue weighted by Gasteiger charge is -2.44. The molecule has 0 aromatic rings. The highest BCUT2D eigenvalue weighted by molar-refractivity contribution is 7.99. The van der Waals surface area contributed by atoms with Crippen LogP contribution in [0.5, 0.6) is 0 Å². The molecule has 96 valence electrons. The lowest BCUT2D eigenvalue weighted by molar-refractivity contribution is -0.133. The fourth-order valence-electron chi connectivity index (χ4n) is 2.71. The Bertz CT molecular complexity index is 300. The molecule has 17 heavy (non-hydrogen) atoms. The third-order valence-electron chi connectivity index (χ3n) is 3.99. The monoisotopic (exact) mass is 256 g/mol. The van der Waals surface area contributed by atoms with E-state index in [0.717, 1.165) is 38.9 Å². The highest BCUT2D eigenvalue weighted by Gasteiger charge is 2.38. The molecule has 0 aliphatic carbocycles. The minimum absolute atomic E-state index is 0.177. The molecule has 0 unspecified atom stereocenters. The quantitative estimate of drug-likeness (QED) is 0.797. The van der Waals surface area contributed by atoms with Crippen molar-refractivity contribution in [3.63, 3.8) is 0 Å². The van der Waals surface area contributed by atoms with Gasteiger partial charge in [-0.15, -0.1) is 0 Å². The lowest BCUT2D eigenvalue weighted by Crippen LogP contribution is -2.51. The Labute approximate surface area is 106 Å². The number of rotatable bonds is 2. The van der Waals surface area contributed by atoms with Crippen molar-refractivity contribution < 1.29 is 9.59 Å². The molecule has 0 aromatic heterocycles. The predicted octanol–water partition coefficient (Wildman–Crippen LogP) is 0.868. The van der Waals surface area contributed by atoms with Gasteiger partial charge in [0.15, 0.2) is 0 Å². The van der Waals surface area contributed by atoms with Crippen LogP contribution in [-0.2, 0) is 9.59 Å². The number of thioether (sulfide) groups is 1. The smallest absolute Gasteiger partial charge is 0.232 e. The van der Waals surface area contributed by atoms with Crippen LogP contribution in [-0.4, -0.2) is 48.4 Å². The summed E-state index contributed by atoms with van der Waals surface area (Å²) < 4.78 is 0. The van der Waals surface area contributed by atoms with E-state index in [1.165, 1.54) is 0 Å². The standard InChI is InChI=1S/C12H20N2O2S/c1-17-8-11(16)14-6-4-12(5-7-14)3-2-10(15)13-9-12/h2-9H2,1H3,(H,13,15). The van der Waals surface area contributed by atoms with E-state index in [9.17, 15) is 9.59 Å². The Balaban J connectivity index is 1.85. The van der Waals surface area contributed by atoms with E-state index in [0.29, 0.717) is 12.2 Å². The minimum atomic E-state index is 0.177. The third-order valence-corrected chi connectivity index (χ3v) is 4.52. The largest absolute Gasteiger partial charge is 0.356 e. The van der Waals surface area contributed by atoms with Crippen molar-refractivity contribution in [1.29, 1.82) is 0 Å². The fraction of sp³-hybridized carbons (Fsp3) is 0.833. The molecule has 0 bridgehead atoms. The molecule has 0 radical (unpaired) electrons. The van der Waals surface area contributed by atoms with Crippen molar-refractivity contribution >= 4 is 23.6 Å². The SMILES string of the molecule is CSCC(=O)N1CCC2(CCC(=O)NC2)CC1. The maximum Gasteiger partial charge on any atom is 0.232 e. The number of likely N-dealkylation sites (tertiary alicyclic amines) is 1. The maximum atomic E-state index is 11.8. The van der Waals surface area contributed by atoms with E-state index in [2.05, 4.69) is 5.32 Å². The number of hydrogen-bond donors (Lipinski definition) is 1. The van der Waals surface area contributed by atoms with Gasteiger partial charge < -0.3 is 10.2 Å². The average Bonchev–Trinajstić information content (AvgIpc) is 2.35. The Kier molecular flexibility index (Phi) is 3.97. The molecule has 2 aliphatic rings. The molecule has 2 fully saturated rings. The zero-order valence-corrected chi connectivity index (χ0v) is 11.1. The molecule has 1 spiro atoms. The van der Waals surface area contributed by atoms with Crippen LogP contribution in [0.25, 0.3) is 0 Å². The Morgan fingerprint density at radius 3 is 2.65 bits per heavy atom. The van der Waals surface area contributed by atoms with Gasteiger partial charge in [0.25, 0.3) is 0 Å². The van der Waals surface area contributed by atoms with Crippen molar-refractivity contribution in [1.82, 2.24) is 10.2 Å². The summed E-state index contributed by atoms with van der Waals surface area (Å²) in [6, 6.07) is 0. The molecule has 1 N–H and O–H groups in total. The summed E-state index contributed by atoms with van der Waals surface area (Å²) in [6.07, 6.45) is 5.67. The molecule has 2 rings (SSSR count). The molecule has 4 nitrogen and oxygen atoms in total. The van der Waals surface area contributed by atoms with Gasteiger partial charge in [0.05, 0.1) is 5.75 Å². The first-order valence-corrected chi connectivity index (χ1v) is 7.58. The summed E-state index contributed by atoms with van der Waals surface area (Å²) in [5.74, 6) is 1.02. The third kappa shape index (κ3) is 2.94. The van der Waals surface area contributed by atoms with E-state index in [-0.39, 0.29) is 17.2 Å². The molecular formula is C12H20N2O2S. The van der Waals surface area contributed by atoms with Gasteiger partial charge in [-0.3, -0.25) is 9.59 Å². The molecule has 2 aliphatic heterocycles. The first kappa shape index (κ1) is 12.7. The summed E-state index contributed by atoms with van der Waals surface area (Å²) in [6.45, 7) is 2.51. The number of hydrogen-bond acceptors (Lipinski definition) is 3. The van der Waals surface area contributed by atoms with Gasteiger partial charge in [-0.25, -0.2) is 0 Å². The van der Waals surface area contributed by atoms with Crippen LogP contribution in [0.3, 0.4) is 0 Å². The second-order valence-electron chi connectivity index (χ2n) is 5.09. The predicted molar refractivity (Wildman–Crippen MR) is 68.9 cm³/mol. The molecule has 2 heterocycles. The van der Waals surface area contributed by atoms with Crippen LogP contribution < -0.4 is 5.32 Å². The first-order chi connectivity index (χ1) is 8.15. The van der Waals surface area contributed by atoms with E-state index >= 15 is 0 Å². The van der Waals surface area contributed by atoms with Crippen molar-refractivity contribution in [3.05, 3.63) is 0 Å². The number of carbonyl (C=O) groups is 2. The first-order valence-electron chi connectivity index (χ1n) is 6.19. The number of piperidine rings is 2. The van der Waals surface area contributed by atoms with Crippen LogP contribution in [0, 0.1) is 5.41 Å². The van der Waals surface area contributed by atoms with Crippen molar-refractivity contribution in [3.8, 4) is 0 Å².